The van der Waals surface area contributed by atoms with Crippen molar-refractivity contribution in [1.29, 1.82) is 0 Å². The lowest BCUT2D eigenvalue weighted by molar-refractivity contribution is -0.135. The van der Waals surface area contributed by atoms with Crippen molar-refractivity contribution in [3.8, 4) is 5.75 Å². The highest BCUT2D eigenvalue weighted by Crippen LogP contribution is 2.22. The number of nitrogens with zero attached hydrogens (tertiary/aromatic N) is 1. The summed E-state index contributed by atoms with van der Waals surface area (Å²) in [4.78, 5) is 13.7. The highest BCUT2D eigenvalue weighted by molar-refractivity contribution is 9.10. The number of piperidine rings is 1. The maximum atomic E-state index is 13.5. The minimum absolute atomic E-state index is 0.0669. The molecule has 1 aromatic rings. The molecule has 0 spiro atoms. The summed E-state index contributed by atoms with van der Waals surface area (Å²) in [7, 11) is 0. The fourth-order valence-electron chi connectivity index (χ4n) is 2.26. The number of amides is 1. The van der Waals surface area contributed by atoms with Crippen molar-refractivity contribution in [3.05, 3.63) is 28.5 Å². The third-order valence-corrected chi connectivity index (χ3v) is 3.87. The molecule has 0 radical (unpaired) electrons. The molecule has 0 aromatic heterocycles. The third kappa shape index (κ3) is 3.93. The van der Waals surface area contributed by atoms with Gasteiger partial charge in [0.15, 0.2) is 18.2 Å². The predicted molar refractivity (Wildman–Crippen MR) is 76.0 cm³/mol. The average Bonchev–Trinajstić information content (AvgIpc) is 2.46. The summed E-state index contributed by atoms with van der Waals surface area (Å²) in [6.45, 7) is 1.12. The van der Waals surface area contributed by atoms with Crippen LogP contribution in [0.15, 0.2) is 22.7 Å². The van der Waals surface area contributed by atoms with Crippen LogP contribution in [0.25, 0.3) is 0 Å². The monoisotopic (exact) mass is 345 g/mol. The van der Waals surface area contributed by atoms with Gasteiger partial charge in [-0.2, -0.15) is 0 Å². The third-order valence-electron chi connectivity index (χ3n) is 3.37. The summed E-state index contributed by atoms with van der Waals surface area (Å²) in [5.74, 6) is -0.473. The van der Waals surface area contributed by atoms with Gasteiger partial charge in [0, 0.05) is 24.2 Å². The van der Waals surface area contributed by atoms with Gasteiger partial charge in [-0.25, -0.2) is 4.39 Å². The second-order valence-corrected chi connectivity index (χ2v) is 5.81. The number of carbonyl (C=O) groups excluding carboxylic acids is 1. The Morgan fingerprint density at radius 2 is 2.35 bits per heavy atom. The van der Waals surface area contributed by atoms with Crippen molar-refractivity contribution < 1.29 is 19.0 Å². The normalized spacial score (nSPS) is 18.9. The van der Waals surface area contributed by atoms with Gasteiger partial charge < -0.3 is 14.7 Å². The first-order chi connectivity index (χ1) is 9.60. The van der Waals surface area contributed by atoms with Gasteiger partial charge in [0.05, 0.1) is 0 Å². The van der Waals surface area contributed by atoms with Gasteiger partial charge in [-0.3, -0.25) is 4.79 Å². The molecule has 1 aromatic carbocycles. The minimum atomic E-state index is -0.501. The molecule has 1 saturated heterocycles. The van der Waals surface area contributed by atoms with Crippen LogP contribution in [0.5, 0.6) is 5.75 Å². The molecule has 0 bridgehead atoms. The highest BCUT2D eigenvalue weighted by atomic mass is 79.9. The van der Waals surface area contributed by atoms with Gasteiger partial charge in [-0.1, -0.05) is 15.9 Å². The van der Waals surface area contributed by atoms with Crippen molar-refractivity contribution in [2.45, 2.75) is 12.8 Å². The molecule has 1 N–H and O–H groups in total. The van der Waals surface area contributed by atoms with E-state index < -0.39 is 5.82 Å². The predicted octanol–water partition coefficient (Wildman–Crippen LogP) is 2.20. The minimum Gasteiger partial charge on any atom is -0.481 e. The maximum absolute atomic E-state index is 13.5. The molecular formula is C14H17BrFNO3. The fourth-order valence-corrected chi connectivity index (χ4v) is 2.60. The number of aliphatic hydroxyl groups excluding tert-OH is 1. The number of hydrogen-bond acceptors (Lipinski definition) is 3. The Morgan fingerprint density at radius 3 is 3.05 bits per heavy atom. The molecule has 1 unspecified atom stereocenters. The Labute approximate surface area is 125 Å². The zero-order chi connectivity index (χ0) is 14.5. The standard InChI is InChI=1S/C14H17BrFNO3/c15-11-3-4-13(12(16)6-11)20-9-14(19)17-5-1-2-10(7-17)8-18/h3-4,6,10,18H,1-2,5,7-9H2. The first-order valence-electron chi connectivity index (χ1n) is 6.56. The summed E-state index contributed by atoms with van der Waals surface area (Å²) in [6.07, 6.45) is 1.81. The van der Waals surface area contributed by atoms with Crippen molar-refractivity contribution in [3.63, 3.8) is 0 Å². The Kier molecular flexibility index (Phi) is 5.37. The summed E-state index contributed by atoms with van der Waals surface area (Å²) in [6, 6.07) is 4.44. The molecule has 1 aliphatic heterocycles. The quantitative estimate of drug-likeness (QED) is 0.909. The SMILES string of the molecule is O=C(COc1ccc(Br)cc1F)N1CCCC(CO)C1. The highest BCUT2D eigenvalue weighted by Gasteiger charge is 2.23. The molecule has 6 heteroatoms. The van der Waals surface area contributed by atoms with E-state index in [9.17, 15) is 9.18 Å². The summed E-state index contributed by atoms with van der Waals surface area (Å²) in [5, 5.41) is 9.14. The molecular weight excluding hydrogens is 329 g/mol. The number of benzene rings is 1. The lowest BCUT2D eigenvalue weighted by atomic mass is 9.99. The van der Waals surface area contributed by atoms with Crippen LogP contribution >= 0.6 is 15.9 Å². The number of halogens is 2. The lowest BCUT2D eigenvalue weighted by Gasteiger charge is -2.31. The van der Waals surface area contributed by atoms with Gasteiger partial charge in [0.2, 0.25) is 0 Å². The summed E-state index contributed by atoms with van der Waals surface area (Å²) >= 11 is 3.16. The molecule has 1 fully saturated rings. The van der Waals surface area contributed by atoms with Gasteiger partial charge in [0.25, 0.3) is 5.91 Å². The van der Waals surface area contributed by atoms with E-state index in [4.69, 9.17) is 9.84 Å². The fraction of sp³-hybridized carbons (Fsp3) is 0.500. The van der Waals surface area contributed by atoms with Crippen molar-refractivity contribution in [2.75, 3.05) is 26.3 Å². The lowest BCUT2D eigenvalue weighted by Crippen LogP contribution is -2.43. The van der Waals surface area contributed by atoms with E-state index in [0.717, 1.165) is 12.8 Å². The van der Waals surface area contributed by atoms with Crippen LogP contribution in [0, 0.1) is 11.7 Å². The van der Waals surface area contributed by atoms with Crippen molar-refractivity contribution in [2.24, 2.45) is 5.92 Å². The van der Waals surface area contributed by atoms with Crippen LogP contribution in [0.4, 0.5) is 4.39 Å². The Morgan fingerprint density at radius 1 is 1.55 bits per heavy atom. The molecule has 1 amide bonds. The second kappa shape index (κ2) is 7.04. The van der Waals surface area contributed by atoms with Crippen molar-refractivity contribution >= 4 is 21.8 Å². The number of carbonyl (C=O) groups is 1. The Bertz CT molecular complexity index is 483. The van der Waals surface area contributed by atoms with E-state index >= 15 is 0 Å². The molecule has 1 heterocycles. The van der Waals surface area contributed by atoms with E-state index in [0.29, 0.717) is 17.6 Å². The van der Waals surface area contributed by atoms with E-state index in [2.05, 4.69) is 15.9 Å². The molecule has 0 aliphatic carbocycles. The number of hydrogen-bond donors (Lipinski definition) is 1. The van der Waals surface area contributed by atoms with Crippen LogP contribution in [0.2, 0.25) is 0 Å². The van der Waals surface area contributed by atoms with Gasteiger partial charge in [0.1, 0.15) is 0 Å². The van der Waals surface area contributed by atoms with Gasteiger partial charge in [-0.05, 0) is 37.0 Å². The number of rotatable bonds is 4. The van der Waals surface area contributed by atoms with Crippen LogP contribution in [-0.2, 0) is 4.79 Å². The van der Waals surface area contributed by atoms with Gasteiger partial charge in [-0.15, -0.1) is 0 Å². The van der Waals surface area contributed by atoms with Gasteiger partial charge >= 0.3 is 0 Å². The topological polar surface area (TPSA) is 49.8 Å². The van der Waals surface area contributed by atoms with E-state index in [-0.39, 0.29) is 30.8 Å². The molecule has 20 heavy (non-hydrogen) atoms. The molecule has 0 saturated carbocycles. The first-order valence-corrected chi connectivity index (χ1v) is 7.36. The Hall–Kier alpha value is -1.14. The zero-order valence-corrected chi connectivity index (χ0v) is 12.6. The number of ether oxygens (including phenoxy) is 1. The largest absolute Gasteiger partial charge is 0.481 e. The summed E-state index contributed by atoms with van der Waals surface area (Å²) in [5.41, 5.74) is 0. The number of likely N-dealkylation sites (tertiary alicyclic amines) is 1. The second-order valence-electron chi connectivity index (χ2n) is 4.89. The molecule has 1 atom stereocenters. The molecule has 1 aliphatic rings. The molecule has 2 rings (SSSR count). The maximum Gasteiger partial charge on any atom is 0.260 e. The number of aliphatic hydroxyl groups is 1. The van der Waals surface area contributed by atoms with E-state index in [1.807, 2.05) is 0 Å². The molecule has 4 nitrogen and oxygen atoms in total. The van der Waals surface area contributed by atoms with Crippen molar-refractivity contribution in [1.82, 2.24) is 4.90 Å². The summed E-state index contributed by atoms with van der Waals surface area (Å²) < 4.78 is 19.4. The first kappa shape index (κ1) is 15.3. The molecule has 110 valence electrons. The van der Waals surface area contributed by atoms with E-state index in [1.165, 1.54) is 12.1 Å². The Balaban J connectivity index is 1.88. The van der Waals surface area contributed by atoms with Crippen LogP contribution in [0.1, 0.15) is 12.8 Å². The smallest absolute Gasteiger partial charge is 0.260 e. The van der Waals surface area contributed by atoms with Crippen LogP contribution in [-0.4, -0.2) is 42.2 Å². The van der Waals surface area contributed by atoms with Crippen LogP contribution < -0.4 is 4.74 Å². The van der Waals surface area contributed by atoms with Crippen LogP contribution in [0.3, 0.4) is 0 Å². The zero-order valence-electron chi connectivity index (χ0n) is 11.0. The van der Waals surface area contributed by atoms with E-state index in [1.54, 1.807) is 11.0 Å². The average molecular weight is 346 g/mol.